The van der Waals surface area contributed by atoms with Gasteiger partial charge in [-0.15, -0.1) is 0 Å². The lowest BCUT2D eigenvalue weighted by Gasteiger charge is -2.17. The number of aryl methyl sites for hydroxylation is 1. The largest absolute Gasteiger partial charge is 0.326 e. The highest BCUT2D eigenvalue weighted by atomic mass is 32.1. The average Bonchev–Trinajstić information content (AvgIpc) is 2.95. The fraction of sp³-hybridized carbons (Fsp3) is 0.250. The Labute approximate surface area is 156 Å². The summed E-state index contributed by atoms with van der Waals surface area (Å²) in [6.45, 7) is 7.55. The first kappa shape index (κ1) is 18.1. The zero-order valence-electron chi connectivity index (χ0n) is 15.2. The Morgan fingerprint density at radius 2 is 1.81 bits per heavy atom. The number of carbonyl (C=O) groups excluding carboxylic acids is 2. The Kier molecular flexibility index (Phi) is 4.78. The van der Waals surface area contributed by atoms with E-state index in [-0.39, 0.29) is 11.8 Å². The molecule has 5 nitrogen and oxygen atoms in total. The van der Waals surface area contributed by atoms with Crippen LogP contribution in [0.3, 0.4) is 0 Å². The van der Waals surface area contributed by atoms with Crippen molar-refractivity contribution in [2.75, 3.05) is 10.6 Å². The molecule has 6 heteroatoms. The van der Waals surface area contributed by atoms with E-state index < -0.39 is 5.41 Å². The van der Waals surface area contributed by atoms with Crippen LogP contribution in [0.4, 0.5) is 10.8 Å². The van der Waals surface area contributed by atoms with Crippen LogP contribution in [0.5, 0.6) is 0 Å². The van der Waals surface area contributed by atoms with Crippen molar-refractivity contribution in [1.29, 1.82) is 0 Å². The van der Waals surface area contributed by atoms with E-state index in [0.29, 0.717) is 16.4 Å². The number of anilines is 2. The number of hydrogen-bond donors (Lipinski definition) is 2. The van der Waals surface area contributed by atoms with Gasteiger partial charge in [0.05, 0.1) is 10.2 Å². The lowest BCUT2D eigenvalue weighted by Crippen LogP contribution is -2.27. The van der Waals surface area contributed by atoms with Gasteiger partial charge in [-0.3, -0.25) is 14.9 Å². The Morgan fingerprint density at radius 1 is 1.04 bits per heavy atom. The summed E-state index contributed by atoms with van der Waals surface area (Å²) in [5, 5.41) is 6.23. The normalized spacial score (nSPS) is 11.4. The molecule has 2 N–H and O–H groups in total. The molecule has 0 aliphatic heterocycles. The van der Waals surface area contributed by atoms with Gasteiger partial charge in [0, 0.05) is 16.7 Å². The van der Waals surface area contributed by atoms with Crippen LogP contribution in [0.15, 0.2) is 42.5 Å². The maximum Gasteiger partial charge on any atom is 0.257 e. The number of nitrogens with one attached hydrogen (secondary N) is 2. The molecule has 0 bridgehead atoms. The van der Waals surface area contributed by atoms with Crippen molar-refractivity contribution >= 4 is 44.2 Å². The summed E-state index contributed by atoms with van der Waals surface area (Å²) in [6, 6.07) is 12.9. The summed E-state index contributed by atoms with van der Waals surface area (Å²) >= 11 is 1.44. The third-order valence-electron chi connectivity index (χ3n) is 3.83. The van der Waals surface area contributed by atoms with Gasteiger partial charge >= 0.3 is 0 Å². The first-order valence-corrected chi connectivity index (χ1v) is 9.14. The van der Waals surface area contributed by atoms with Crippen LogP contribution >= 0.6 is 11.3 Å². The molecular formula is C20H21N3O2S. The molecule has 3 aromatic rings. The van der Waals surface area contributed by atoms with E-state index in [2.05, 4.69) is 15.6 Å². The SMILES string of the molecule is Cc1ccc2nc(NC(=O)c3cccc(NC(=O)C(C)(C)C)c3)sc2c1. The van der Waals surface area contributed by atoms with Gasteiger partial charge in [0.1, 0.15) is 0 Å². The Balaban J connectivity index is 1.77. The van der Waals surface area contributed by atoms with Crippen molar-refractivity contribution in [2.24, 2.45) is 5.41 Å². The fourth-order valence-corrected chi connectivity index (χ4v) is 3.27. The Bertz CT molecular complexity index is 986. The first-order valence-electron chi connectivity index (χ1n) is 8.32. The van der Waals surface area contributed by atoms with E-state index in [9.17, 15) is 9.59 Å². The lowest BCUT2D eigenvalue weighted by molar-refractivity contribution is -0.123. The first-order chi connectivity index (χ1) is 12.2. The molecule has 0 aliphatic rings. The number of benzene rings is 2. The molecule has 0 fully saturated rings. The minimum absolute atomic E-state index is 0.100. The molecule has 2 aromatic carbocycles. The number of nitrogens with zero attached hydrogens (tertiary/aromatic N) is 1. The highest BCUT2D eigenvalue weighted by Gasteiger charge is 2.21. The third-order valence-corrected chi connectivity index (χ3v) is 4.76. The van der Waals surface area contributed by atoms with Gasteiger partial charge in [0.25, 0.3) is 5.91 Å². The zero-order valence-corrected chi connectivity index (χ0v) is 16.0. The van der Waals surface area contributed by atoms with Gasteiger partial charge in [-0.2, -0.15) is 0 Å². The number of fused-ring (bicyclic) bond motifs is 1. The molecule has 26 heavy (non-hydrogen) atoms. The summed E-state index contributed by atoms with van der Waals surface area (Å²) in [6.07, 6.45) is 0. The molecule has 2 amide bonds. The summed E-state index contributed by atoms with van der Waals surface area (Å²) < 4.78 is 1.03. The van der Waals surface area contributed by atoms with Crippen molar-refractivity contribution < 1.29 is 9.59 Å². The highest BCUT2D eigenvalue weighted by Crippen LogP contribution is 2.27. The van der Waals surface area contributed by atoms with Gasteiger partial charge in [-0.1, -0.05) is 44.2 Å². The zero-order chi connectivity index (χ0) is 18.9. The second-order valence-electron chi connectivity index (χ2n) is 7.23. The smallest absolute Gasteiger partial charge is 0.257 e. The van der Waals surface area contributed by atoms with E-state index >= 15 is 0 Å². The molecule has 0 radical (unpaired) electrons. The second-order valence-corrected chi connectivity index (χ2v) is 8.26. The minimum Gasteiger partial charge on any atom is -0.326 e. The lowest BCUT2D eigenvalue weighted by atomic mass is 9.95. The van der Waals surface area contributed by atoms with Gasteiger partial charge in [0.2, 0.25) is 5.91 Å². The minimum atomic E-state index is -0.503. The van der Waals surface area contributed by atoms with Crippen LogP contribution in [-0.2, 0) is 4.79 Å². The predicted molar refractivity (Wildman–Crippen MR) is 107 cm³/mol. The van der Waals surface area contributed by atoms with Crippen LogP contribution in [-0.4, -0.2) is 16.8 Å². The molecule has 0 saturated heterocycles. The summed E-state index contributed by atoms with van der Waals surface area (Å²) in [4.78, 5) is 29.1. The number of hydrogen-bond acceptors (Lipinski definition) is 4. The van der Waals surface area contributed by atoms with E-state index in [1.165, 1.54) is 11.3 Å². The van der Waals surface area contributed by atoms with Gasteiger partial charge in [0.15, 0.2) is 5.13 Å². The molecule has 1 aromatic heterocycles. The van der Waals surface area contributed by atoms with Gasteiger partial charge in [-0.25, -0.2) is 4.98 Å². The van der Waals surface area contributed by atoms with Crippen LogP contribution in [0, 0.1) is 12.3 Å². The molecular weight excluding hydrogens is 346 g/mol. The van der Waals surface area contributed by atoms with E-state index in [4.69, 9.17) is 0 Å². The predicted octanol–water partition coefficient (Wildman–Crippen LogP) is 4.84. The Hall–Kier alpha value is -2.73. The van der Waals surface area contributed by atoms with Crippen molar-refractivity contribution in [3.63, 3.8) is 0 Å². The molecule has 134 valence electrons. The number of thiazole rings is 1. The van der Waals surface area contributed by atoms with Crippen molar-refractivity contribution in [3.05, 3.63) is 53.6 Å². The van der Waals surface area contributed by atoms with Crippen molar-refractivity contribution in [1.82, 2.24) is 4.98 Å². The fourth-order valence-electron chi connectivity index (χ4n) is 2.31. The van der Waals surface area contributed by atoms with E-state index in [1.807, 2.05) is 45.9 Å². The van der Waals surface area contributed by atoms with Crippen molar-refractivity contribution in [2.45, 2.75) is 27.7 Å². The van der Waals surface area contributed by atoms with E-state index in [0.717, 1.165) is 15.8 Å². The van der Waals surface area contributed by atoms with Crippen molar-refractivity contribution in [3.8, 4) is 0 Å². The summed E-state index contributed by atoms with van der Waals surface area (Å²) in [7, 11) is 0. The van der Waals surface area contributed by atoms with Crippen LogP contribution in [0.1, 0.15) is 36.7 Å². The summed E-state index contributed by atoms with van der Waals surface area (Å²) in [5.74, 6) is -0.357. The van der Waals surface area contributed by atoms with Gasteiger partial charge in [-0.05, 0) is 42.8 Å². The maximum atomic E-state index is 12.5. The summed E-state index contributed by atoms with van der Waals surface area (Å²) in [5.41, 5.74) is 2.57. The second kappa shape index (κ2) is 6.88. The molecule has 1 heterocycles. The molecule has 0 spiro atoms. The van der Waals surface area contributed by atoms with Crippen LogP contribution < -0.4 is 10.6 Å². The topological polar surface area (TPSA) is 71.1 Å². The quantitative estimate of drug-likeness (QED) is 0.696. The van der Waals surface area contributed by atoms with E-state index in [1.54, 1.807) is 24.3 Å². The van der Waals surface area contributed by atoms with Gasteiger partial charge < -0.3 is 5.32 Å². The molecule has 0 saturated carbocycles. The van der Waals surface area contributed by atoms with Crippen LogP contribution in [0.2, 0.25) is 0 Å². The molecule has 0 aliphatic carbocycles. The highest BCUT2D eigenvalue weighted by molar-refractivity contribution is 7.22. The number of amides is 2. The standard InChI is InChI=1S/C20H21N3O2S/c1-12-8-9-15-16(10-12)26-19(22-15)23-17(24)13-6-5-7-14(11-13)21-18(25)20(2,3)4/h5-11H,1-4H3,(H,21,25)(H,22,23,24). The molecule has 0 atom stereocenters. The monoisotopic (exact) mass is 367 g/mol. The number of carbonyl (C=O) groups is 2. The average molecular weight is 367 g/mol. The number of rotatable bonds is 3. The Morgan fingerprint density at radius 3 is 2.54 bits per heavy atom. The maximum absolute atomic E-state index is 12.5. The van der Waals surface area contributed by atoms with Crippen LogP contribution in [0.25, 0.3) is 10.2 Å². The third kappa shape index (κ3) is 4.08. The molecule has 0 unspecified atom stereocenters. The number of aromatic nitrogens is 1. The molecule has 3 rings (SSSR count).